The molecule has 2 aromatic heterocycles. The first-order valence-corrected chi connectivity index (χ1v) is 7.15. The van der Waals surface area contributed by atoms with Crippen LogP contribution in [0, 0.1) is 20.8 Å². The van der Waals surface area contributed by atoms with Crippen LogP contribution in [-0.4, -0.2) is 21.0 Å². The molecular weight excluding hydrogens is 302 g/mol. The SMILES string of the molecule is Cc1nnc(-c2c(C)[nH]c(C)c2C(=O)c2ccccc2Cl)o1. The Morgan fingerprint density at radius 2 is 1.86 bits per heavy atom. The number of nitrogens with one attached hydrogen (secondary N) is 1. The molecule has 6 heteroatoms. The molecule has 3 aromatic rings. The van der Waals surface area contributed by atoms with Gasteiger partial charge in [-0.15, -0.1) is 10.2 Å². The molecule has 0 saturated heterocycles. The van der Waals surface area contributed by atoms with Crippen molar-refractivity contribution in [3.8, 4) is 11.5 Å². The lowest BCUT2D eigenvalue weighted by molar-refractivity contribution is 0.103. The average Bonchev–Trinajstić information content (AvgIpc) is 3.01. The number of nitrogens with zero attached hydrogens (tertiary/aromatic N) is 2. The van der Waals surface area contributed by atoms with Gasteiger partial charge in [0, 0.05) is 23.9 Å². The fourth-order valence-corrected chi connectivity index (χ4v) is 2.73. The summed E-state index contributed by atoms with van der Waals surface area (Å²) in [4.78, 5) is 16.1. The zero-order valence-electron chi connectivity index (χ0n) is 12.4. The Hall–Kier alpha value is -2.40. The van der Waals surface area contributed by atoms with Crippen LogP contribution in [0.2, 0.25) is 5.02 Å². The van der Waals surface area contributed by atoms with E-state index in [1.54, 1.807) is 31.2 Å². The Labute approximate surface area is 132 Å². The number of aromatic amines is 1. The number of rotatable bonds is 3. The lowest BCUT2D eigenvalue weighted by atomic mass is 9.99. The van der Waals surface area contributed by atoms with Crippen molar-refractivity contribution < 1.29 is 9.21 Å². The first-order chi connectivity index (χ1) is 10.5. The van der Waals surface area contributed by atoms with Crippen LogP contribution < -0.4 is 0 Å². The molecule has 3 rings (SSSR count). The number of hydrogen-bond acceptors (Lipinski definition) is 4. The van der Waals surface area contributed by atoms with Gasteiger partial charge in [0.1, 0.15) is 0 Å². The molecule has 0 aliphatic heterocycles. The molecule has 0 fully saturated rings. The summed E-state index contributed by atoms with van der Waals surface area (Å²) < 4.78 is 5.49. The number of carbonyl (C=O) groups is 1. The van der Waals surface area contributed by atoms with Gasteiger partial charge >= 0.3 is 0 Å². The van der Waals surface area contributed by atoms with Gasteiger partial charge in [-0.1, -0.05) is 23.7 Å². The second-order valence-electron chi connectivity index (χ2n) is 5.06. The molecule has 0 saturated carbocycles. The molecule has 0 amide bonds. The molecule has 2 heterocycles. The number of ketones is 1. The highest BCUT2D eigenvalue weighted by Crippen LogP contribution is 2.32. The highest BCUT2D eigenvalue weighted by atomic mass is 35.5. The second-order valence-corrected chi connectivity index (χ2v) is 5.47. The lowest BCUT2D eigenvalue weighted by Crippen LogP contribution is -2.04. The normalized spacial score (nSPS) is 10.9. The summed E-state index contributed by atoms with van der Waals surface area (Å²) in [6, 6.07) is 6.97. The summed E-state index contributed by atoms with van der Waals surface area (Å²) >= 11 is 6.15. The molecule has 0 unspecified atom stereocenters. The van der Waals surface area contributed by atoms with Crippen molar-refractivity contribution in [1.29, 1.82) is 0 Å². The van der Waals surface area contributed by atoms with Crippen LogP contribution in [0.5, 0.6) is 0 Å². The maximum atomic E-state index is 12.9. The molecule has 0 aliphatic rings. The van der Waals surface area contributed by atoms with Crippen LogP contribution >= 0.6 is 11.6 Å². The predicted molar refractivity (Wildman–Crippen MR) is 83.2 cm³/mol. The monoisotopic (exact) mass is 315 g/mol. The maximum Gasteiger partial charge on any atom is 0.250 e. The van der Waals surface area contributed by atoms with Gasteiger partial charge in [-0.25, -0.2) is 0 Å². The molecule has 0 bridgehead atoms. The van der Waals surface area contributed by atoms with Gasteiger partial charge in [0.05, 0.1) is 16.1 Å². The lowest BCUT2D eigenvalue weighted by Gasteiger charge is -2.05. The van der Waals surface area contributed by atoms with Crippen LogP contribution in [0.4, 0.5) is 0 Å². The van der Waals surface area contributed by atoms with Gasteiger partial charge < -0.3 is 9.40 Å². The first-order valence-electron chi connectivity index (χ1n) is 6.78. The first kappa shape index (κ1) is 14.5. The predicted octanol–water partition coefficient (Wildman–Crippen LogP) is 3.87. The minimum Gasteiger partial charge on any atom is -0.421 e. The van der Waals surface area contributed by atoms with Gasteiger partial charge in [0.15, 0.2) is 5.78 Å². The summed E-state index contributed by atoms with van der Waals surface area (Å²) in [6.07, 6.45) is 0. The fraction of sp³-hybridized carbons (Fsp3) is 0.188. The van der Waals surface area contributed by atoms with Crippen molar-refractivity contribution in [3.63, 3.8) is 0 Å². The topological polar surface area (TPSA) is 71.8 Å². The summed E-state index contributed by atoms with van der Waals surface area (Å²) in [6.45, 7) is 5.41. The van der Waals surface area contributed by atoms with E-state index < -0.39 is 0 Å². The Morgan fingerprint density at radius 3 is 2.50 bits per heavy atom. The van der Waals surface area contributed by atoms with E-state index in [0.717, 1.165) is 11.4 Å². The largest absolute Gasteiger partial charge is 0.421 e. The summed E-state index contributed by atoms with van der Waals surface area (Å²) in [5, 5.41) is 8.28. The number of benzene rings is 1. The summed E-state index contributed by atoms with van der Waals surface area (Å²) in [5.41, 5.74) is 3.13. The summed E-state index contributed by atoms with van der Waals surface area (Å²) in [7, 11) is 0. The minimum atomic E-state index is -0.168. The number of aryl methyl sites for hydroxylation is 3. The van der Waals surface area contributed by atoms with Crippen LogP contribution in [0.1, 0.15) is 33.2 Å². The third-order valence-corrected chi connectivity index (χ3v) is 3.79. The van der Waals surface area contributed by atoms with Gasteiger partial charge in [-0.3, -0.25) is 4.79 Å². The smallest absolute Gasteiger partial charge is 0.250 e. The van der Waals surface area contributed by atoms with Gasteiger partial charge in [-0.2, -0.15) is 0 Å². The molecule has 0 radical (unpaired) electrons. The van der Waals surface area contributed by atoms with Crippen molar-refractivity contribution >= 4 is 17.4 Å². The molecule has 1 aromatic carbocycles. The van der Waals surface area contributed by atoms with E-state index in [9.17, 15) is 4.79 Å². The van der Waals surface area contributed by atoms with E-state index >= 15 is 0 Å². The zero-order chi connectivity index (χ0) is 15.9. The van der Waals surface area contributed by atoms with E-state index in [-0.39, 0.29) is 5.78 Å². The van der Waals surface area contributed by atoms with Crippen molar-refractivity contribution in [2.75, 3.05) is 0 Å². The van der Waals surface area contributed by atoms with Crippen molar-refractivity contribution in [2.45, 2.75) is 20.8 Å². The third-order valence-electron chi connectivity index (χ3n) is 3.46. The van der Waals surface area contributed by atoms with E-state index in [1.807, 2.05) is 13.8 Å². The Kier molecular flexibility index (Phi) is 3.58. The highest BCUT2D eigenvalue weighted by Gasteiger charge is 2.26. The molecule has 112 valence electrons. The quantitative estimate of drug-likeness (QED) is 0.745. The molecule has 0 spiro atoms. The summed E-state index contributed by atoms with van der Waals surface area (Å²) in [5.74, 6) is 0.609. The number of hydrogen-bond donors (Lipinski definition) is 1. The van der Waals surface area contributed by atoms with E-state index in [2.05, 4.69) is 15.2 Å². The molecular formula is C16H14ClN3O2. The van der Waals surface area contributed by atoms with Gasteiger partial charge in [-0.05, 0) is 26.0 Å². The third kappa shape index (κ3) is 2.33. The number of carbonyl (C=O) groups excluding carboxylic acids is 1. The number of aromatic nitrogens is 3. The van der Waals surface area contributed by atoms with Crippen LogP contribution in [0.15, 0.2) is 28.7 Å². The zero-order valence-corrected chi connectivity index (χ0v) is 13.2. The molecule has 0 aliphatic carbocycles. The second kappa shape index (κ2) is 5.42. The average molecular weight is 316 g/mol. The number of halogens is 1. The van der Waals surface area contributed by atoms with Crippen LogP contribution in [-0.2, 0) is 0 Å². The Morgan fingerprint density at radius 1 is 1.14 bits per heavy atom. The van der Waals surface area contributed by atoms with Crippen molar-refractivity contribution in [3.05, 3.63) is 57.7 Å². The van der Waals surface area contributed by atoms with E-state index in [1.165, 1.54) is 0 Å². The highest BCUT2D eigenvalue weighted by molar-refractivity contribution is 6.35. The van der Waals surface area contributed by atoms with E-state index in [0.29, 0.717) is 33.5 Å². The Bertz CT molecular complexity index is 864. The van der Waals surface area contributed by atoms with Gasteiger partial charge in [0.25, 0.3) is 0 Å². The maximum absolute atomic E-state index is 12.9. The van der Waals surface area contributed by atoms with Crippen LogP contribution in [0.25, 0.3) is 11.5 Å². The van der Waals surface area contributed by atoms with E-state index in [4.69, 9.17) is 16.0 Å². The molecule has 0 atom stereocenters. The van der Waals surface area contributed by atoms with Crippen LogP contribution in [0.3, 0.4) is 0 Å². The van der Waals surface area contributed by atoms with Crippen molar-refractivity contribution in [2.24, 2.45) is 0 Å². The molecule has 22 heavy (non-hydrogen) atoms. The minimum absolute atomic E-state index is 0.168. The Balaban J connectivity index is 2.19. The standard InChI is InChI=1S/C16H14ClN3O2/c1-8-13(15(21)11-6-4-5-7-12(11)17)14(9(2)18-8)16-20-19-10(3)22-16/h4-7,18H,1-3H3. The van der Waals surface area contributed by atoms with Gasteiger partial charge in [0.2, 0.25) is 11.8 Å². The fourth-order valence-electron chi connectivity index (χ4n) is 2.51. The van der Waals surface area contributed by atoms with Crippen molar-refractivity contribution in [1.82, 2.24) is 15.2 Å². The number of H-pyrrole nitrogens is 1. The molecule has 1 N–H and O–H groups in total. The molecule has 5 nitrogen and oxygen atoms in total.